The molecule has 1 aromatic carbocycles. The summed E-state index contributed by atoms with van der Waals surface area (Å²) in [4.78, 5) is 11.6. The maximum atomic E-state index is 11.6. The molecule has 0 aliphatic carbocycles. The number of aliphatic hydroxyl groups excluding tert-OH is 5. The molecule has 0 radical (unpaired) electrons. The van der Waals surface area contributed by atoms with Gasteiger partial charge in [0.05, 0.1) is 12.7 Å². The minimum Gasteiger partial charge on any atom is -0.484 e. The zero-order valence-electron chi connectivity index (χ0n) is 12.2. The van der Waals surface area contributed by atoms with E-state index in [4.69, 9.17) is 9.84 Å². The summed E-state index contributed by atoms with van der Waals surface area (Å²) in [5.41, 5.74) is 0. The zero-order valence-corrected chi connectivity index (χ0v) is 13.8. The number of carbonyl (C=O) groups is 1. The summed E-state index contributed by atoms with van der Waals surface area (Å²) in [6.45, 7) is -1.40. The number of rotatable bonds is 9. The Morgan fingerprint density at radius 1 is 1.09 bits per heavy atom. The third kappa shape index (κ3) is 6.81. The predicted octanol–water partition coefficient (Wildman–Crippen LogP) is -1.62. The van der Waals surface area contributed by atoms with Crippen LogP contribution in [0.4, 0.5) is 0 Å². The van der Waals surface area contributed by atoms with E-state index in [2.05, 4.69) is 21.2 Å². The monoisotopic (exact) mass is 393 g/mol. The van der Waals surface area contributed by atoms with Crippen LogP contribution in [0, 0.1) is 0 Å². The van der Waals surface area contributed by atoms with Gasteiger partial charge in [-0.1, -0.05) is 15.9 Å². The molecule has 0 saturated heterocycles. The van der Waals surface area contributed by atoms with Gasteiger partial charge in [-0.3, -0.25) is 4.79 Å². The number of halogens is 1. The highest BCUT2D eigenvalue weighted by Crippen LogP contribution is 2.15. The van der Waals surface area contributed by atoms with Gasteiger partial charge in [0.2, 0.25) is 0 Å². The van der Waals surface area contributed by atoms with E-state index in [0.29, 0.717) is 5.75 Å². The fraction of sp³-hybridized carbons (Fsp3) is 0.500. The summed E-state index contributed by atoms with van der Waals surface area (Å²) in [5, 5.41) is 48.8. The Labute approximate surface area is 141 Å². The first-order chi connectivity index (χ1) is 10.8. The van der Waals surface area contributed by atoms with E-state index in [0.717, 1.165) is 4.47 Å². The molecule has 0 fully saturated rings. The largest absolute Gasteiger partial charge is 0.484 e. The molecule has 1 aromatic rings. The number of amides is 1. The van der Waals surface area contributed by atoms with E-state index < -0.39 is 36.9 Å². The number of ether oxygens (including phenoxy) is 1. The van der Waals surface area contributed by atoms with E-state index in [1.807, 2.05) is 0 Å². The van der Waals surface area contributed by atoms with Gasteiger partial charge in [0, 0.05) is 11.0 Å². The van der Waals surface area contributed by atoms with Crippen LogP contribution in [0.25, 0.3) is 0 Å². The lowest BCUT2D eigenvalue weighted by atomic mass is 10.0. The summed E-state index contributed by atoms with van der Waals surface area (Å²) < 4.78 is 6.09. The molecular formula is C14H20BrNO7. The van der Waals surface area contributed by atoms with Gasteiger partial charge in [-0.2, -0.15) is 0 Å². The lowest BCUT2D eigenvalue weighted by molar-refractivity contribution is -0.127. The first kappa shape index (κ1) is 19.8. The second-order valence-corrected chi connectivity index (χ2v) is 5.76. The number of hydrogen-bond donors (Lipinski definition) is 6. The Morgan fingerprint density at radius 2 is 1.65 bits per heavy atom. The van der Waals surface area contributed by atoms with Crippen molar-refractivity contribution < 1.29 is 35.1 Å². The second-order valence-electron chi connectivity index (χ2n) is 4.85. The summed E-state index contributed by atoms with van der Waals surface area (Å²) >= 11 is 3.27. The fourth-order valence-corrected chi connectivity index (χ4v) is 1.90. The molecule has 0 aromatic heterocycles. The van der Waals surface area contributed by atoms with Crippen LogP contribution in [0.3, 0.4) is 0 Å². The highest BCUT2D eigenvalue weighted by atomic mass is 79.9. The molecule has 0 aliphatic heterocycles. The minimum atomic E-state index is -1.73. The molecule has 23 heavy (non-hydrogen) atoms. The Hall–Kier alpha value is -1.23. The number of benzene rings is 1. The number of aliphatic hydroxyl groups is 5. The standard InChI is InChI=1S/C14H20BrNO7/c15-8-1-3-9(4-2-8)23-7-12(20)16-5-10(18)13(21)14(22)11(19)6-17/h1-4,10-11,13-14,17-19,21-22H,5-7H2,(H,16,20)/t10-,11+,13+,14+/m1/s1. The Bertz CT molecular complexity index is 485. The first-order valence-corrected chi connectivity index (χ1v) is 7.62. The maximum Gasteiger partial charge on any atom is 0.258 e. The molecule has 9 heteroatoms. The van der Waals surface area contributed by atoms with Crippen molar-refractivity contribution in [3.8, 4) is 5.75 Å². The van der Waals surface area contributed by atoms with Gasteiger partial charge >= 0.3 is 0 Å². The summed E-state index contributed by atoms with van der Waals surface area (Å²) in [6.07, 6.45) is -6.55. The van der Waals surface area contributed by atoms with Crippen LogP contribution in [0.2, 0.25) is 0 Å². The van der Waals surface area contributed by atoms with Gasteiger partial charge in [0.25, 0.3) is 5.91 Å². The fourth-order valence-electron chi connectivity index (χ4n) is 1.63. The maximum absolute atomic E-state index is 11.6. The van der Waals surface area contributed by atoms with Crippen molar-refractivity contribution in [2.75, 3.05) is 19.8 Å². The van der Waals surface area contributed by atoms with Crippen LogP contribution in [0.15, 0.2) is 28.7 Å². The van der Waals surface area contributed by atoms with E-state index in [-0.39, 0.29) is 13.2 Å². The molecule has 0 spiro atoms. The summed E-state index contributed by atoms with van der Waals surface area (Å²) in [6, 6.07) is 6.84. The highest BCUT2D eigenvalue weighted by molar-refractivity contribution is 9.10. The van der Waals surface area contributed by atoms with Gasteiger partial charge in [-0.05, 0) is 24.3 Å². The number of hydrogen-bond acceptors (Lipinski definition) is 7. The molecule has 6 N–H and O–H groups in total. The zero-order chi connectivity index (χ0) is 17.4. The van der Waals surface area contributed by atoms with Crippen LogP contribution in [0.1, 0.15) is 0 Å². The van der Waals surface area contributed by atoms with Gasteiger partial charge in [-0.15, -0.1) is 0 Å². The SMILES string of the molecule is O=C(COc1ccc(Br)cc1)NC[C@@H](O)[C@H](O)[C@@H](O)[C@@H](O)CO. The number of nitrogens with one attached hydrogen (secondary N) is 1. The molecule has 4 atom stereocenters. The topological polar surface area (TPSA) is 139 Å². The van der Waals surface area contributed by atoms with Crippen LogP contribution >= 0.6 is 15.9 Å². The van der Waals surface area contributed by atoms with Gasteiger partial charge in [0.1, 0.15) is 24.1 Å². The normalized spacial score (nSPS) is 16.3. The van der Waals surface area contributed by atoms with E-state index in [1.54, 1.807) is 24.3 Å². The molecule has 1 amide bonds. The average Bonchev–Trinajstić information content (AvgIpc) is 2.56. The van der Waals surface area contributed by atoms with E-state index in [1.165, 1.54) is 0 Å². The Morgan fingerprint density at radius 3 is 2.22 bits per heavy atom. The Kier molecular flexibility index (Phi) is 8.45. The summed E-state index contributed by atoms with van der Waals surface area (Å²) in [7, 11) is 0. The molecule has 0 unspecified atom stereocenters. The van der Waals surface area contributed by atoms with Gasteiger partial charge in [-0.25, -0.2) is 0 Å². The van der Waals surface area contributed by atoms with Gasteiger partial charge < -0.3 is 35.6 Å². The molecule has 0 bridgehead atoms. The van der Waals surface area contributed by atoms with E-state index in [9.17, 15) is 25.2 Å². The van der Waals surface area contributed by atoms with Crippen molar-refractivity contribution in [1.82, 2.24) is 5.32 Å². The van der Waals surface area contributed by atoms with Crippen LogP contribution in [-0.2, 0) is 4.79 Å². The molecule has 1 rings (SSSR count). The van der Waals surface area contributed by atoms with Gasteiger partial charge in [0.15, 0.2) is 6.61 Å². The van der Waals surface area contributed by atoms with Crippen LogP contribution < -0.4 is 10.1 Å². The molecule has 8 nitrogen and oxygen atoms in total. The summed E-state index contributed by atoms with van der Waals surface area (Å²) in [5.74, 6) is -0.0400. The minimum absolute atomic E-state index is 0.285. The van der Waals surface area contributed by atoms with Crippen molar-refractivity contribution in [2.45, 2.75) is 24.4 Å². The van der Waals surface area contributed by atoms with Crippen molar-refractivity contribution in [1.29, 1.82) is 0 Å². The third-order valence-electron chi connectivity index (χ3n) is 3.02. The molecular weight excluding hydrogens is 374 g/mol. The van der Waals surface area contributed by atoms with Crippen LogP contribution in [-0.4, -0.2) is 75.6 Å². The second kappa shape index (κ2) is 9.81. The first-order valence-electron chi connectivity index (χ1n) is 6.83. The molecule has 0 aliphatic rings. The molecule has 0 saturated carbocycles. The predicted molar refractivity (Wildman–Crippen MR) is 83.8 cm³/mol. The van der Waals surface area contributed by atoms with Crippen molar-refractivity contribution >= 4 is 21.8 Å². The molecule has 0 heterocycles. The molecule has 130 valence electrons. The average molecular weight is 394 g/mol. The number of carbonyl (C=O) groups excluding carboxylic acids is 1. The third-order valence-corrected chi connectivity index (χ3v) is 3.55. The van der Waals surface area contributed by atoms with Crippen LogP contribution in [0.5, 0.6) is 5.75 Å². The lowest BCUT2D eigenvalue weighted by Gasteiger charge is -2.25. The van der Waals surface area contributed by atoms with E-state index >= 15 is 0 Å². The lowest BCUT2D eigenvalue weighted by Crippen LogP contribution is -2.50. The van der Waals surface area contributed by atoms with Crippen molar-refractivity contribution in [2.24, 2.45) is 0 Å². The Balaban J connectivity index is 2.33. The smallest absolute Gasteiger partial charge is 0.258 e. The highest BCUT2D eigenvalue weighted by Gasteiger charge is 2.30. The van der Waals surface area contributed by atoms with Crippen molar-refractivity contribution in [3.63, 3.8) is 0 Å². The quantitative estimate of drug-likeness (QED) is 0.296. The van der Waals surface area contributed by atoms with Crippen molar-refractivity contribution in [3.05, 3.63) is 28.7 Å².